The molecule has 21 heavy (non-hydrogen) atoms. The molecule has 0 aliphatic heterocycles. The van der Waals surface area contributed by atoms with Crippen molar-refractivity contribution < 1.29 is 19.2 Å². The topological polar surface area (TPSA) is 68.3 Å². The van der Waals surface area contributed by atoms with Crippen LogP contribution in [0.3, 0.4) is 0 Å². The Morgan fingerprint density at radius 2 is 1.67 bits per heavy atom. The van der Waals surface area contributed by atoms with Crippen molar-refractivity contribution in [3.63, 3.8) is 0 Å². The van der Waals surface area contributed by atoms with Gasteiger partial charge in [0, 0.05) is 27.6 Å². The fourth-order valence-electron chi connectivity index (χ4n) is 2.42. The van der Waals surface area contributed by atoms with Gasteiger partial charge in [0.05, 0.1) is 10.4 Å². The van der Waals surface area contributed by atoms with E-state index >= 15 is 0 Å². The zero-order chi connectivity index (χ0) is 15.3. The van der Waals surface area contributed by atoms with Gasteiger partial charge in [-0.05, 0) is 26.0 Å². The molecule has 4 nitrogen and oxygen atoms in total. The first-order valence-electron chi connectivity index (χ1n) is 6.28. The van der Waals surface area contributed by atoms with Crippen LogP contribution in [-0.4, -0.2) is 23.1 Å². The minimum Gasteiger partial charge on any atom is -0.295 e. The van der Waals surface area contributed by atoms with Crippen LogP contribution in [0.1, 0.15) is 65.7 Å². The summed E-state index contributed by atoms with van der Waals surface area (Å²) < 4.78 is 0. The number of ketones is 4. The second kappa shape index (κ2) is 4.56. The molecule has 3 rings (SSSR count). The van der Waals surface area contributed by atoms with E-state index in [2.05, 4.69) is 0 Å². The summed E-state index contributed by atoms with van der Waals surface area (Å²) in [5.74, 6) is -1.04. The van der Waals surface area contributed by atoms with Gasteiger partial charge in [0.25, 0.3) is 0 Å². The van der Waals surface area contributed by atoms with Crippen molar-refractivity contribution in [3.05, 3.63) is 56.3 Å². The molecule has 0 spiro atoms. The number of carbonyl (C=O) groups is 4. The minimum atomic E-state index is -0.332. The smallest absolute Gasteiger partial charge is 0.204 e. The lowest BCUT2D eigenvalue weighted by Gasteiger charge is -2.15. The van der Waals surface area contributed by atoms with E-state index in [1.807, 2.05) is 0 Å². The molecule has 2 aromatic rings. The van der Waals surface area contributed by atoms with Crippen LogP contribution in [0.2, 0.25) is 0 Å². The summed E-state index contributed by atoms with van der Waals surface area (Å²) in [5, 5.41) is 1.54. The highest BCUT2D eigenvalue weighted by atomic mass is 32.1. The summed E-state index contributed by atoms with van der Waals surface area (Å²) in [7, 11) is 0. The molecule has 104 valence electrons. The van der Waals surface area contributed by atoms with Crippen molar-refractivity contribution in [3.8, 4) is 0 Å². The largest absolute Gasteiger partial charge is 0.295 e. The predicted octanol–water partition coefficient (Wildman–Crippen LogP) is 2.93. The first-order chi connectivity index (χ1) is 9.91. The molecule has 0 saturated carbocycles. The van der Waals surface area contributed by atoms with Crippen molar-refractivity contribution in [2.24, 2.45) is 0 Å². The van der Waals surface area contributed by atoms with Gasteiger partial charge in [0.1, 0.15) is 0 Å². The molecule has 0 bridgehead atoms. The highest BCUT2D eigenvalue weighted by Gasteiger charge is 2.34. The number of Topliss-reactive ketones (excluding diaryl/α,β-unsaturated/α-hetero) is 2. The normalized spacial score (nSPS) is 12.9. The van der Waals surface area contributed by atoms with E-state index in [0.717, 1.165) is 11.3 Å². The molecule has 0 radical (unpaired) electrons. The van der Waals surface area contributed by atoms with E-state index in [9.17, 15) is 19.2 Å². The summed E-state index contributed by atoms with van der Waals surface area (Å²) >= 11 is 1.09. The maximum Gasteiger partial charge on any atom is 0.204 e. The molecule has 0 saturated heterocycles. The summed E-state index contributed by atoms with van der Waals surface area (Å²) in [4.78, 5) is 48.3. The van der Waals surface area contributed by atoms with Crippen LogP contribution in [-0.2, 0) is 0 Å². The van der Waals surface area contributed by atoms with Crippen molar-refractivity contribution in [1.82, 2.24) is 0 Å². The van der Waals surface area contributed by atoms with Crippen molar-refractivity contribution >= 4 is 34.5 Å². The summed E-state index contributed by atoms with van der Waals surface area (Å²) in [6, 6.07) is 4.46. The lowest BCUT2D eigenvalue weighted by molar-refractivity contribution is 0.0970. The average molecular weight is 298 g/mol. The molecular formula is C16H10O4S. The molecule has 1 heterocycles. The van der Waals surface area contributed by atoms with Crippen LogP contribution < -0.4 is 0 Å². The molecule has 1 aliphatic rings. The molecule has 0 unspecified atom stereocenters. The number of rotatable bonds is 2. The number of carbonyl (C=O) groups excluding carboxylic acids is 4. The van der Waals surface area contributed by atoms with Gasteiger partial charge in [-0.3, -0.25) is 19.2 Å². The average Bonchev–Trinajstić information content (AvgIpc) is 2.89. The second-order valence-electron chi connectivity index (χ2n) is 4.88. The number of thiophene rings is 1. The van der Waals surface area contributed by atoms with Gasteiger partial charge < -0.3 is 0 Å². The third-order valence-electron chi connectivity index (χ3n) is 3.52. The molecule has 1 aromatic heterocycles. The first-order valence-corrected chi connectivity index (χ1v) is 7.16. The molecule has 0 atom stereocenters. The Labute approximate surface area is 124 Å². The van der Waals surface area contributed by atoms with Crippen LogP contribution in [0.15, 0.2) is 23.6 Å². The molecule has 1 aliphatic carbocycles. The highest BCUT2D eigenvalue weighted by molar-refractivity contribution is 7.13. The van der Waals surface area contributed by atoms with Crippen LogP contribution in [0.4, 0.5) is 0 Å². The van der Waals surface area contributed by atoms with Gasteiger partial charge in [-0.2, -0.15) is 0 Å². The molecule has 1 aromatic carbocycles. The van der Waals surface area contributed by atoms with E-state index in [-0.39, 0.29) is 50.3 Å². The standard InChI is InChI=1S/C16H10O4S/c1-7(17)9-3-4-10-11(5-9)15(20)16-13(14(10)19)12(6-21-16)8(2)18/h3-6H,1-2H3. The van der Waals surface area contributed by atoms with Gasteiger partial charge in [-0.15, -0.1) is 11.3 Å². The highest BCUT2D eigenvalue weighted by Crippen LogP contribution is 2.34. The van der Waals surface area contributed by atoms with Gasteiger partial charge in [0.15, 0.2) is 17.3 Å². The van der Waals surface area contributed by atoms with Gasteiger partial charge in [-0.1, -0.05) is 6.07 Å². The summed E-state index contributed by atoms with van der Waals surface area (Å²) in [6.07, 6.45) is 0. The van der Waals surface area contributed by atoms with Crippen LogP contribution in [0.5, 0.6) is 0 Å². The lowest BCUT2D eigenvalue weighted by Crippen LogP contribution is -2.21. The summed E-state index contributed by atoms with van der Waals surface area (Å²) in [6.45, 7) is 2.77. The number of benzene rings is 1. The molecule has 5 heteroatoms. The van der Waals surface area contributed by atoms with E-state index in [1.54, 1.807) is 5.38 Å². The van der Waals surface area contributed by atoms with Crippen LogP contribution in [0, 0.1) is 0 Å². The Balaban J connectivity index is 2.26. The predicted molar refractivity (Wildman–Crippen MR) is 77.6 cm³/mol. The van der Waals surface area contributed by atoms with E-state index in [4.69, 9.17) is 0 Å². The van der Waals surface area contributed by atoms with Gasteiger partial charge in [-0.25, -0.2) is 0 Å². The first kappa shape index (κ1) is 13.6. The van der Waals surface area contributed by atoms with Crippen LogP contribution in [0.25, 0.3) is 0 Å². The fraction of sp³-hybridized carbons (Fsp3) is 0.125. The number of hydrogen-bond donors (Lipinski definition) is 0. The van der Waals surface area contributed by atoms with E-state index in [1.165, 1.54) is 32.0 Å². The SMILES string of the molecule is CC(=O)c1ccc2c(c1)C(=O)c1scc(C(C)=O)c1C2=O. The van der Waals surface area contributed by atoms with Crippen molar-refractivity contribution in [2.75, 3.05) is 0 Å². The van der Waals surface area contributed by atoms with Crippen molar-refractivity contribution in [2.45, 2.75) is 13.8 Å². The van der Waals surface area contributed by atoms with E-state index < -0.39 is 0 Å². The molecule has 0 amide bonds. The summed E-state index contributed by atoms with van der Waals surface area (Å²) in [5.41, 5.74) is 1.35. The maximum absolute atomic E-state index is 12.5. The Morgan fingerprint density at radius 1 is 0.952 bits per heavy atom. The fourth-order valence-corrected chi connectivity index (χ4v) is 3.47. The van der Waals surface area contributed by atoms with Gasteiger partial charge >= 0.3 is 0 Å². The Kier molecular flexibility index (Phi) is 2.95. The van der Waals surface area contributed by atoms with Crippen LogP contribution >= 0.6 is 11.3 Å². The third kappa shape index (κ3) is 1.89. The minimum absolute atomic E-state index is 0.167. The number of hydrogen-bond acceptors (Lipinski definition) is 5. The Bertz CT molecular complexity index is 842. The second-order valence-corrected chi connectivity index (χ2v) is 5.76. The lowest BCUT2D eigenvalue weighted by atomic mass is 9.85. The third-order valence-corrected chi connectivity index (χ3v) is 4.50. The maximum atomic E-state index is 12.5. The Morgan fingerprint density at radius 3 is 2.29 bits per heavy atom. The zero-order valence-electron chi connectivity index (χ0n) is 11.4. The molecule has 0 fully saturated rings. The van der Waals surface area contributed by atoms with E-state index in [0.29, 0.717) is 5.56 Å². The molecule has 0 N–H and O–H groups in total. The van der Waals surface area contributed by atoms with Crippen molar-refractivity contribution in [1.29, 1.82) is 0 Å². The number of fused-ring (bicyclic) bond motifs is 2. The van der Waals surface area contributed by atoms with Gasteiger partial charge in [0.2, 0.25) is 5.78 Å². The zero-order valence-corrected chi connectivity index (χ0v) is 12.2. The quantitative estimate of drug-likeness (QED) is 0.682. The molecular weight excluding hydrogens is 288 g/mol. The monoisotopic (exact) mass is 298 g/mol. The Hall–Kier alpha value is -2.40.